The molecule has 0 saturated carbocycles. The van der Waals surface area contributed by atoms with Crippen LogP contribution in [-0.4, -0.2) is 24.9 Å². The quantitative estimate of drug-likeness (QED) is 0.799. The number of nitrogens with two attached hydrogens (primary N) is 1. The largest absolute Gasteiger partial charge is 0.356 e. The van der Waals surface area contributed by atoms with E-state index in [9.17, 15) is 9.59 Å². The second kappa shape index (κ2) is 6.79. The molecule has 2 atom stereocenters. The van der Waals surface area contributed by atoms with Gasteiger partial charge >= 0.3 is 0 Å². The van der Waals surface area contributed by atoms with E-state index >= 15 is 0 Å². The summed E-state index contributed by atoms with van der Waals surface area (Å²) in [6.45, 7) is 0.878. The molecule has 0 spiro atoms. The summed E-state index contributed by atoms with van der Waals surface area (Å²) in [5.74, 6) is -0.423. The summed E-state index contributed by atoms with van der Waals surface area (Å²) in [4.78, 5) is 23.8. The van der Waals surface area contributed by atoms with Crippen LogP contribution in [0, 0.1) is 5.92 Å². The number of piperidine rings is 1. The Balaban J connectivity index is 1.75. The van der Waals surface area contributed by atoms with Gasteiger partial charge in [0.2, 0.25) is 11.8 Å². The molecule has 2 aromatic carbocycles. The molecule has 1 aliphatic heterocycles. The van der Waals surface area contributed by atoms with Crippen molar-refractivity contribution in [2.24, 2.45) is 11.7 Å². The summed E-state index contributed by atoms with van der Waals surface area (Å²) in [5, 5.41) is 8.01. The number of carbonyl (C=O) groups excluding carboxylic acids is 2. The van der Waals surface area contributed by atoms with Gasteiger partial charge < -0.3 is 16.4 Å². The number of carbonyl (C=O) groups is 2. The van der Waals surface area contributed by atoms with Gasteiger partial charge in [-0.1, -0.05) is 36.4 Å². The third-order valence-corrected chi connectivity index (χ3v) is 4.35. The number of hydrogen-bond acceptors (Lipinski definition) is 3. The minimum atomic E-state index is -0.266. The zero-order valence-corrected chi connectivity index (χ0v) is 12.9. The highest BCUT2D eigenvalue weighted by Gasteiger charge is 2.27. The van der Waals surface area contributed by atoms with E-state index in [0.717, 1.165) is 16.3 Å². The monoisotopic (exact) mass is 311 g/mol. The molecule has 5 nitrogen and oxygen atoms in total. The second-order valence-corrected chi connectivity index (χ2v) is 5.94. The maximum atomic E-state index is 12.4. The first kappa shape index (κ1) is 15.5. The summed E-state index contributed by atoms with van der Waals surface area (Å²) >= 11 is 0. The number of amides is 2. The van der Waals surface area contributed by atoms with Gasteiger partial charge in [-0.15, -0.1) is 0 Å². The lowest BCUT2D eigenvalue weighted by Crippen LogP contribution is -2.43. The zero-order valence-electron chi connectivity index (χ0n) is 12.9. The SMILES string of the molecule is NCC(NC(=O)C1CCNC(=O)C1)c1ccc2ccccc2c1. The lowest BCUT2D eigenvalue weighted by atomic mass is 9.95. The second-order valence-electron chi connectivity index (χ2n) is 5.94. The maximum Gasteiger partial charge on any atom is 0.224 e. The van der Waals surface area contributed by atoms with Crippen molar-refractivity contribution in [1.82, 2.24) is 10.6 Å². The molecule has 0 aliphatic carbocycles. The number of fused-ring (bicyclic) bond motifs is 1. The molecule has 2 amide bonds. The van der Waals surface area contributed by atoms with E-state index in [4.69, 9.17) is 5.73 Å². The van der Waals surface area contributed by atoms with Crippen molar-refractivity contribution >= 4 is 22.6 Å². The van der Waals surface area contributed by atoms with Crippen LogP contribution in [0.25, 0.3) is 10.8 Å². The van der Waals surface area contributed by atoms with Crippen LogP contribution < -0.4 is 16.4 Å². The van der Waals surface area contributed by atoms with Gasteiger partial charge in [0, 0.05) is 25.4 Å². The molecule has 1 heterocycles. The molecule has 0 radical (unpaired) electrons. The number of rotatable bonds is 4. The van der Waals surface area contributed by atoms with Crippen molar-refractivity contribution in [2.45, 2.75) is 18.9 Å². The fourth-order valence-electron chi connectivity index (χ4n) is 3.00. The third kappa shape index (κ3) is 3.51. The van der Waals surface area contributed by atoms with Gasteiger partial charge in [0.15, 0.2) is 0 Å². The highest BCUT2D eigenvalue weighted by Crippen LogP contribution is 2.21. The molecule has 0 aromatic heterocycles. The molecule has 23 heavy (non-hydrogen) atoms. The first-order valence-electron chi connectivity index (χ1n) is 7.93. The third-order valence-electron chi connectivity index (χ3n) is 4.35. The highest BCUT2D eigenvalue weighted by molar-refractivity contribution is 5.87. The summed E-state index contributed by atoms with van der Waals surface area (Å²) in [7, 11) is 0. The lowest BCUT2D eigenvalue weighted by Gasteiger charge is -2.25. The smallest absolute Gasteiger partial charge is 0.224 e. The van der Waals surface area contributed by atoms with Crippen LogP contribution in [0.5, 0.6) is 0 Å². The summed E-state index contributed by atoms with van der Waals surface area (Å²) in [5.41, 5.74) is 6.85. The zero-order chi connectivity index (χ0) is 16.2. The van der Waals surface area contributed by atoms with Crippen LogP contribution in [0.2, 0.25) is 0 Å². The minimum Gasteiger partial charge on any atom is -0.356 e. The van der Waals surface area contributed by atoms with Crippen molar-refractivity contribution in [3.05, 3.63) is 48.0 Å². The molecule has 2 unspecified atom stereocenters. The van der Waals surface area contributed by atoms with Crippen LogP contribution in [0.15, 0.2) is 42.5 Å². The van der Waals surface area contributed by atoms with Gasteiger partial charge in [-0.2, -0.15) is 0 Å². The first-order valence-corrected chi connectivity index (χ1v) is 7.93. The molecule has 0 bridgehead atoms. The van der Waals surface area contributed by atoms with Crippen molar-refractivity contribution in [1.29, 1.82) is 0 Å². The normalized spacial score (nSPS) is 19.2. The molecule has 1 fully saturated rings. The number of benzene rings is 2. The summed E-state index contributed by atoms with van der Waals surface area (Å²) in [6.07, 6.45) is 0.924. The van der Waals surface area contributed by atoms with Gasteiger partial charge in [0.05, 0.1) is 6.04 Å². The van der Waals surface area contributed by atoms with Crippen LogP contribution in [0.3, 0.4) is 0 Å². The van der Waals surface area contributed by atoms with Crippen LogP contribution >= 0.6 is 0 Å². The Morgan fingerprint density at radius 1 is 1.26 bits per heavy atom. The molecule has 120 valence electrons. The summed E-state index contributed by atoms with van der Waals surface area (Å²) in [6, 6.07) is 13.9. The Morgan fingerprint density at radius 2 is 2.04 bits per heavy atom. The van der Waals surface area contributed by atoms with Crippen molar-refractivity contribution in [3.8, 4) is 0 Å². The maximum absolute atomic E-state index is 12.4. The molecular formula is C18H21N3O2. The van der Waals surface area contributed by atoms with E-state index in [0.29, 0.717) is 19.5 Å². The predicted molar refractivity (Wildman–Crippen MR) is 89.6 cm³/mol. The van der Waals surface area contributed by atoms with Crippen LogP contribution in [0.1, 0.15) is 24.4 Å². The molecule has 3 rings (SSSR count). The highest BCUT2D eigenvalue weighted by atomic mass is 16.2. The fourth-order valence-corrected chi connectivity index (χ4v) is 3.00. The Labute approximate surface area is 135 Å². The molecule has 4 N–H and O–H groups in total. The van der Waals surface area contributed by atoms with Gasteiger partial charge in [-0.3, -0.25) is 9.59 Å². The van der Waals surface area contributed by atoms with Gasteiger partial charge in [0.1, 0.15) is 0 Å². The molecule has 1 saturated heterocycles. The summed E-state index contributed by atoms with van der Waals surface area (Å²) < 4.78 is 0. The van der Waals surface area contributed by atoms with E-state index in [2.05, 4.69) is 22.8 Å². The van der Waals surface area contributed by atoms with Crippen LogP contribution in [0.4, 0.5) is 0 Å². The van der Waals surface area contributed by atoms with Crippen molar-refractivity contribution in [2.75, 3.05) is 13.1 Å². The first-order chi connectivity index (χ1) is 11.2. The average molecular weight is 311 g/mol. The fraction of sp³-hybridized carbons (Fsp3) is 0.333. The molecule has 1 aliphatic rings. The lowest BCUT2D eigenvalue weighted by molar-refractivity contribution is -0.132. The topological polar surface area (TPSA) is 84.2 Å². The van der Waals surface area contributed by atoms with E-state index in [1.807, 2.05) is 30.3 Å². The standard InChI is InChI=1S/C18H21N3O2/c19-11-16(21-18(23)15-7-8-20-17(22)10-15)14-6-5-12-3-1-2-4-13(12)9-14/h1-6,9,15-16H,7-8,10-11,19H2,(H,20,22)(H,21,23). The minimum absolute atomic E-state index is 0.0635. The Kier molecular flexibility index (Phi) is 4.57. The van der Waals surface area contributed by atoms with E-state index in [1.165, 1.54) is 0 Å². The Bertz CT molecular complexity index is 729. The molecular weight excluding hydrogens is 290 g/mol. The molecule has 2 aromatic rings. The molecule has 5 heteroatoms. The van der Waals surface area contributed by atoms with Gasteiger partial charge in [0.25, 0.3) is 0 Å². The Hall–Kier alpha value is -2.40. The van der Waals surface area contributed by atoms with E-state index in [1.54, 1.807) is 0 Å². The van der Waals surface area contributed by atoms with Gasteiger partial charge in [-0.25, -0.2) is 0 Å². The predicted octanol–water partition coefficient (Wildman–Crippen LogP) is 1.48. The van der Waals surface area contributed by atoms with Crippen LogP contribution in [-0.2, 0) is 9.59 Å². The Morgan fingerprint density at radius 3 is 2.78 bits per heavy atom. The average Bonchev–Trinajstić information content (AvgIpc) is 2.59. The number of hydrogen-bond donors (Lipinski definition) is 3. The van der Waals surface area contributed by atoms with Crippen molar-refractivity contribution < 1.29 is 9.59 Å². The number of nitrogens with one attached hydrogen (secondary N) is 2. The van der Waals surface area contributed by atoms with Gasteiger partial charge in [-0.05, 0) is 28.8 Å². The van der Waals surface area contributed by atoms with Crippen molar-refractivity contribution in [3.63, 3.8) is 0 Å². The van der Waals surface area contributed by atoms with E-state index in [-0.39, 0.29) is 30.2 Å². The van der Waals surface area contributed by atoms with E-state index < -0.39 is 0 Å².